The van der Waals surface area contributed by atoms with Gasteiger partial charge in [-0.15, -0.1) is 0 Å². The third-order valence-corrected chi connectivity index (χ3v) is 5.27. The Morgan fingerprint density at radius 3 is 2.69 bits per heavy atom. The van der Waals surface area contributed by atoms with Crippen LogP contribution in [0.4, 0.5) is 11.4 Å². The number of nitrogens with one attached hydrogen (secondary N) is 2. The van der Waals surface area contributed by atoms with Gasteiger partial charge in [0.05, 0.1) is 6.54 Å². The maximum atomic E-state index is 12.4. The molecule has 0 spiro atoms. The molecule has 29 heavy (non-hydrogen) atoms. The summed E-state index contributed by atoms with van der Waals surface area (Å²) in [4.78, 5) is 25.8. The highest BCUT2D eigenvalue weighted by atomic mass is 16.6. The molecular formula is C22H25N3O4. The number of ether oxygens (including phenoxy) is 2. The average molecular weight is 395 g/mol. The van der Waals surface area contributed by atoms with Crippen LogP contribution >= 0.6 is 0 Å². The average Bonchev–Trinajstić information content (AvgIpc) is 3.15. The molecule has 2 aromatic carbocycles. The molecule has 2 amide bonds. The molecule has 0 fully saturated rings. The first kappa shape index (κ1) is 19.3. The molecule has 0 unspecified atom stereocenters. The zero-order valence-corrected chi connectivity index (χ0v) is 16.7. The normalized spacial score (nSPS) is 15.6. The van der Waals surface area contributed by atoms with E-state index in [1.54, 1.807) is 11.8 Å². The highest BCUT2D eigenvalue weighted by Gasteiger charge is 2.22. The van der Waals surface area contributed by atoms with Crippen molar-refractivity contribution >= 4 is 23.2 Å². The van der Waals surface area contributed by atoms with E-state index in [9.17, 15) is 9.59 Å². The fourth-order valence-corrected chi connectivity index (χ4v) is 3.70. The lowest BCUT2D eigenvalue weighted by atomic mass is 10.1. The Hall–Kier alpha value is -3.06. The van der Waals surface area contributed by atoms with Gasteiger partial charge in [0, 0.05) is 30.9 Å². The van der Waals surface area contributed by atoms with E-state index in [0.29, 0.717) is 19.8 Å². The van der Waals surface area contributed by atoms with Crippen LogP contribution in [0.25, 0.3) is 0 Å². The molecule has 7 heteroatoms. The van der Waals surface area contributed by atoms with Gasteiger partial charge < -0.3 is 25.0 Å². The number of hydrogen-bond acceptors (Lipinski definition) is 5. The monoisotopic (exact) mass is 395 g/mol. The molecule has 0 radical (unpaired) electrons. The zero-order valence-electron chi connectivity index (χ0n) is 16.7. The number of hydrogen-bond donors (Lipinski definition) is 2. The van der Waals surface area contributed by atoms with Gasteiger partial charge >= 0.3 is 0 Å². The lowest BCUT2D eigenvalue weighted by Crippen LogP contribution is -2.30. The predicted molar refractivity (Wildman–Crippen MR) is 111 cm³/mol. The van der Waals surface area contributed by atoms with Crippen molar-refractivity contribution in [1.29, 1.82) is 0 Å². The van der Waals surface area contributed by atoms with Gasteiger partial charge in [-0.25, -0.2) is 0 Å². The largest absolute Gasteiger partial charge is 0.486 e. The molecule has 2 N–H and O–H groups in total. The van der Waals surface area contributed by atoms with Crippen molar-refractivity contribution in [2.75, 3.05) is 36.5 Å². The van der Waals surface area contributed by atoms with E-state index in [1.165, 1.54) is 0 Å². The Kier molecular flexibility index (Phi) is 5.40. The van der Waals surface area contributed by atoms with Crippen LogP contribution in [-0.4, -0.2) is 38.1 Å². The molecule has 0 aliphatic carbocycles. The van der Waals surface area contributed by atoms with Gasteiger partial charge in [0.2, 0.25) is 11.8 Å². The van der Waals surface area contributed by atoms with E-state index in [0.717, 1.165) is 40.4 Å². The summed E-state index contributed by atoms with van der Waals surface area (Å²) in [5, 5.41) is 6.16. The van der Waals surface area contributed by atoms with Crippen molar-refractivity contribution in [3.05, 3.63) is 47.5 Å². The number of rotatable bonds is 5. The van der Waals surface area contributed by atoms with E-state index in [-0.39, 0.29) is 24.4 Å². The van der Waals surface area contributed by atoms with Gasteiger partial charge in [-0.3, -0.25) is 9.59 Å². The Labute approximate surface area is 170 Å². The summed E-state index contributed by atoms with van der Waals surface area (Å²) in [7, 11) is 0. The van der Waals surface area contributed by atoms with Crippen LogP contribution in [-0.2, 0) is 16.0 Å². The standard InChI is InChI=1S/C22H25N3O4/c1-14(16-3-6-20-21(12-16)29-10-9-28-20)23-13-22(27)24-18-4-5-19-17(11-18)7-8-25(19)15(2)26/h3-6,11-12,14,23H,7-10,13H2,1-2H3,(H,24,27)/t14-/m0/s1. The fraction of sp³-hybridized carbons (Fsp3) is 0.364. The number of nitrogens with zero attached hydrogens (tertiary/aromatic N) is 1. The third kappa shape index (κ3) is 4.19. The summed E-state index contributed by atoms with van der Waals surface area (Å²) in [5.74, 6) is 1.42. The molecule has 2 aliphatic rings. The van der Waals surface area contributed by atoms with Crippen LogP contribution in [0.1, 0.15) is 31.0 Å². The molecule has 1 atom stereocenters. The first-order chi connectivity index (χ1) is 14.0. The van der Waals surface area contributed by atoms with Gasteiger partial charge in [0.25, 0.3) is 0 Å². The number of anilines is 2. The molecule has 0 bridgehead atoms. The molecular weight excluding hydrogens is 370 g/mol. The molecule has 4 rings (SSSR count). The summed E-state index contributed by atoms with van der Waals surface area (Å²) in [6, 6.07) is 11.5. The number of benzene rings is 2. The number of fused-ring (bicyclic) bond motifs is 2. The maximum Gasteiger partial charge on any atom is 0.238 e. The molecule has 2 aromatic rings. The molecule has 2 aliphatic heterocycles. The van der Waals surface area contributed by atoms with Crippen molar-refractivity contribution in [3.63, 3.8) is 0 Å². The Balaban J connectivity index is 1.33. The summed E-state index contributed by atoms with van der Waals surface area (Å²) < 4.78 is 11.2. The second-order valence-corrected chi connectivity index (χ2v) is 7.32. The summed E-state index contributed by atoms with van der Waals surface area (Å²) >= 11 is 0. The predicted octanol–water partition coefficient (Wildman–Crippen LogP) is 2.66. The minimum absolute atomic E-state index is 0.0132. The van der Waals surface area contributed by atoms with Gasteiger partial charge in [-0.1, -0.05) is 6.07 Å². The van der Waals surface area contributed by atoms with Crippen LogP contribution in [0.15, 0.2) is 36.4 Å². The third-order valence-electron chi connectivity index (χ3n) is 5.27. The topological polar surface area (TPSA) is 79.9 Å². The second kappa shape index (κ2) is 8.13. The van der Waals surface area contributed by atoms with E-state index < -0.39 is 0 Å². The maximum absolute atomic E-state index is 12.4. The van der Waals surface area contributed by atoms with Crippen LogP contribution in [0.3, 0.4) is 0 Å². The SMILES string of the molecule is CC(=O)N1CCc2cc(NC(=O)CN[C@@H](C)c3ccc4c(c3)OCCO4)ccc21. The molecule has 7 nitrogen and oxygen atoms in total. The minimum atomic E-state index is -0.115. The molecule has 0 saturated carbocycles. The van der Waals surface area contributed by atoms with E-state index in [2.05, 4.69) is 10.6 Å². The number of carbonyl (C=O) groups excluding carboxylic acids is 2. The summed E-state index contributed by atoms with van der Waals surface area (Å²) in [5.41, 5.74) is 3.79. The second-order valence-electron chi connectivity index (χ2n) is 7.32. The van der Waals surface area contributed by atoms with Crippen molar-refractivity contribution in [3.8, 4) is 11.5 Å². The molecule has 0 aromatic heterocycles. The first-order valence-electron chi connectivity index (χ1n) is 9.85. The van der Waals surface area contributed by atoms with Crippen LogP contribution in [0.5, 0.6) is 11.5 Å². The Morgan fingerprint density at radius 2 is 1.90 bits per heavy atom. The highest BCUT2D eigenvalue weighted by Crippen LogP contribution is 2.33. The lowest BCUT2D eigenvalue weighted by molar-refractivity contribution is -0.116. The van der Waals surface area contributed by atoms with Crippen molar-refractivity contribution < 1.29 is 19.1 Å². The van der Waals surface area contributed by atoms with Crippen molar-refractivity contribution in [2.24, 2.45) is 0 Å². The molecule has 152 valence electrons. The first-order valence-corrected chi connectivity index (χ1v) is 9.85. The van der Waals surface area contributed by atoms with Crippen molar-refractivity contribution in [1.82, 2.24) is 5.32 Å². The van der Waals surface area contributed by atoms with Crippen molar-refractivity contribution in [2.45, 2.75) is 26.3 Å². The summed E-state index contributed by atoms with van der Waals surface area (Å²) in [6.07, 6.45) is 0.804. The summed E-state index contributed by atoms with van der Waals surface area (Å²) in [6.45, 7) is 5.56. The van der Waals surface area contributed by atoms with Crippen LogP contribution < -0.4 is 25.0 Å². The van der Waals surface area contributed by atoms with Gasteiger partial charge in [-0.05, 0) is 54.8 Å². The van der Waals surface area contributed by atoms with E-state index in [4.69, 9.17) is 9.47 Å². The van der Waals surface area contributed by atoms with Gasteiger partial charge in [0.1, 0.15) is 13.2 Å². The quantitative estimate of drug-likeness (QED) is 0.814. The Morgan fingerprint density at radius 1 is 1.10 bits per heavy atom. The van der Waals surface area contributed by atoms with Crippen LogP contribution in [0, 0.1) is 0 Å². The number of amides is 2. The molecule has 0 saturated heterocycles. The van der Waals surface area contributed by atoms with Gasteiger partial charge in [0.15, 0.2) is 11.5 Å². The van der Waals surface area contributed by atoms with Crippen LogP contribution in [0.2, 0.25) is 0 Å². The smallest absolute Gasteiger partial charge is 0.238 e. The zero-order chi connectivity index (χ0) is 20.4. The lowest BCUT2D eigenvalue weighted by Gasteiger charge is -2.21. The minimum Gasteiger partial charge on any atom is -0.486 e. The highest BCUT2D eigenvalue weighted by molar-refractivity contribution is 5.96. The Bertz CT molecular complexity index is 944. The van der Waals surface area contributed by atoms with Gasteiger partial charge in [-0.2, -0.15) is 0 Å². The fourth-order valence-electron chi connectivity index (χ4n) is 3.70. The number of carbonyl (C=O) groups is 2. The van der Waals surface area contributed by atoms with E-state index in [1.807, 2.05) is 43.3 Å². The van der Waals surface area contributed by atoms with E-state index >= 15 is 0 Å². The molecule has 2 heterocycles.